The Hall–Kier alpha value is -0.450. The number of piperidine rings is 1. The fourth-order valence-electron chi connectivity index (χ4n) is 2.96. The first kappa shape index (κ1) is 14.9. The minimum absolute atomic E-state index is 0.00227. The number of rotatable bonds is 4. The standard InChI is InChI=1S/C15H22BrFN2/c1-2-11-4-3-7-19(10-11)15(9-18)13-6-5-12(16)8-14(13)17/h5-6,8,11,15H,2-4,7,9-10,18H2,1H3. The van der Waals surface area contributed by atoms with Gasteiger partial charge in [-0.1, -0.05) is 35.3 Å². The summed E-state index contributed by atoms with van der Waals surface area (Å²) in [6.07, 6.45) is 3.66. The lowest BCUT2D eigenvalue weighted by Gasteiger charge is -2.38. The van der Waals surface area contributed by atoms with Crippen molar-refractivity contribution in [3.8, 4) is 0 Å². The summed E-state index contributed by atoms with van der Waals surface area (Å²) in [5.74, 6) is 0.560. The van der Waals surface area contributed by atoms with Crippen LogP contribution in [0.15, 0.2) is 22.7 Å². The zero-order valence-corrected chi connectivity index (χ0v) is 13.0. The predicted octanol–water partition coefficient (Wildman–Crippen LogP) is 3.71. The van der Waals surface area contributed by atoms with Crippen molar-refractivity contribution in [2.75, 3.05) is 19.6 Å². The molecule has 0 amide bonds. The highest BCUT2D eigenvalue weighted by atomic mass is 79.9. The van der Waals surface area contributed by atoms with Crippen LogP contribution in [0.1, 0.15) is 37.8 Å². The summed E-state index contributed by atoms with van der Waals surface area (Å²) >= 11 is 3.30. The van der Waals surface area contributed by atoms with Gasteiger partial charge in [-0.2, -0.15) is 0 Å². The van der Waals surface area contributed by atoms with Crippen molar-refractivity contribution in [2.45, 2.75) is 32.2 Å². The van der Waals surface area contributed by atoms with Crippen LogP contribution in [0, 0.1) is 11.7 Å². The number of nitrogens with zero attached hydrogens (tertiary/aromatic N) is 1. The van der Waals surface area contributed by atoms with Gasteiger partial charge in [0.2, 0.25) is 0 Å². The van der Waals surface area contributed by atoms with E-state index in [2.05, 4.69) is 27.8 Å². The number of benzene rings is 1. The number of likely N-dealkylation sites (tertiary alicyclic amines) is 1. The molecular formula is C15H22BrFN2. The summed E-state index contributed by atoms with van der Waals surface area (Å²) in [7, 11) is 0. The SMILES string of the molecule is CCC1CCCN(C(CN)c2ccc(Br)cc2F)C1. The maximum Gasteiger partial charge on any atom is 0.129 e. The molecule has 1 heterocycles. The summed E-state index contributed by atoms with van der Waals surface area (Å²) in [5, 5.41) is 0. The van der Waals surface area contributed by atoms with E-state index >= 15 is 0 Å². The van der Waals surface area contributed by atoms with E-state index in [1.54, 1.807) is 0 Å². The van der Waals surface area contributed by atoms with E-state index in [1.807, 2.05) is 12.1 Å². The molecular weight excluding hydrogens is 307 g/mol. The van der Waals surface area contributed by atoms with Crippen molar-refractivity contribution in [1.82, 2.24) is 4.90 Å². The van der Waals surface area contributed by atoms with Crippen LogP contribution in [0.5, 0.6) is 0 Å². The Kier molecular flexibility index (Phi) is 5.37. The molecule has 2 atom stereocenters. The lowest BCUT2D eigenvalue weighted by molar-refractivity contribution is 0.122. The average molecular weight is 329 g/mol. The molecule has 0 aliphatic carbocycles. The van der Waals surface area contributed by atoms with Crippen LogP contribution in [0.3, 0.4) is 0 Å². The van der Waals surface area contributed by atoms with E-state index in [9.17, 15) is 4.39 Å². The molecule has 2 N–H and O–H groups in total. The maximum absolute atomic E-state index is 14.1. The van der Waals surface area contributed by atoms with Crippen molar-refractivity contribution >= 4 is 15.9 Å². The quantitative estimate of drug-likeness (QED) is 0.912. The van der Waals surface area contributed by atoms with Crippen LogP contribution >= 0.6 is 15.9 Å². The fraction of sp³-hybridized carbons (Fsp3) is 0.600. The van der Waals surface area contributed by atoms with E-state index in [0.717, 1.165) is 29.0 Å². The first-order chi connectivity index (χ1) is 9.15. The molecule has 106 valence electrons. The van der Waals surface area contributed by atoms with Crippen LogP contribution in [-0.4, -0.2) is 24.5 Å². The number of hydrogen-bond acceptors (Lipinski definition) is 2. The highest BCUT2D eigenvalue weighted by Gasteiger charge is 2.26. The van der Waals surface area contributed by atoms with Crippen LogP contribution in [-0.2, 0) is 0 Å². The molecule has 19 heavy (non-hydrogen) atoms. The normalized spacial score (nSPS) is 22.4. The Morgan fingerprint density at radius 1 is 1.53 bits per heavy atom. The second-order valence-corrected chi connectivity index (χ2v) is 6.24. The molecule has 0 bridgehead atoms. The third-order valence-corrected chi connectivity index (χ3v) is 4.61. The first-order valence-corrected chi connectivity index (χ1v) is 7.84. The van der Waals surface area contributed by atoms with Gasteiger partial charge in [-0.3, -0.25) is 4.90 Å². The van der Waals surface area contributed by atoms with E-state index < -0.39 is 0 Å². The molecule has 2 rings (SSSR count). The highest BCUT2D eigenvalue weighted by molar-refractivity contribution is 9.10. The second kappa shape index (κ2) is 6.82. The Bertz CT molecular complexity index is 425. The van der Waals surface area contributed by atoms with Crippen LogP contribution in [0.4, 0.5) is 4.39 Å². The molecule has 2 unspecified atom stereocenters. The van der Waals surface area contributed by atoms with Crippen LogP contribution in [0.2, 0.25) is 0 Å². The highest BCUT2D eigenvalue weighted by Crippen LogP contribution is 2.30. The van der Waals surface area contributed by atoms with Crippen molar-refractivity contribution in [1.29, 1.82) is 0 Å². The molecule has 0 saturated carbocycles. The van der Waals surface area contributed by atoms with Crippen LogP contribution < -0.4 is 5.73 Å². The number of nitrogens with two attached hydrogens (primary N) is 1. The predicted molar refractivity (Wildman–Crippen MR) is 80.5 cm³/mol. The molecule has 1 aromatic rings. The minimum atomic E-state index is -0.163. The molecule has 1 fully saturated rings. The van der Waals surface area contributed by atoms with E-state index in [4.69, 9.17) is 5.73 Å². The van der Waals surface area contributed by atoms with Gasteiger partial charge in [0.25, 0.3) is 0 Å². The maximum atomic E-state index is 14.1. The molecule has 0 radical (unpaired) electrons. The smallest absolute Gasteiger partial charge is 0.129 e. The third-order valence-electron chi connectivity index (χ3n) is 4.11. The minimum Gasteiger partial charge on any atom is -0.329 e. The zero-order chi connectivity index (χ0) is 13.8. The van der Waals surface area contributed by atoms with Crippen molar-refractivity contribution in [3.63, 3.8) is 0 Å². The molecule has 2 nitrogen and oxygen atoms in total. The molecule has 1 aliphatic heterocycles. The van der Waals surface area contributed by atoms with Gasteiger partial charge in [0.1, 0.15) is 5.82 Å². The Balaban J connectivity index is 2.19. The Morgan fingerprint density at radius 2 is 2.32 bits per heavy atom. The monoisotopic (exact) mass is 328 g/mol. The molecule has 1 saturated heterocycles. The number of halogens is 2. The molecule has 0 aromatic heterocycles. The lowest BCUT2D eigenvalue weighted by Crippen LogP contribution is -2.41. The Labute approximate surface area is 123 Å². The first-order valence-electron chi connectivity index (χ1n) is 7.04. The van der Waals surface area contributed by atoms with Gasteiger partial charge in [0, 0.05) is 29.2 Å². The van der Waals surface area contributed by atoms with Crippen LogP contribution in [0.25, 0.3) is 0 Å². The fourth-order valence-corrected chi connectivity index (χ4v) is 3.29. The Morgan fingerprint density at radius 3 is 2.95 bits per heavy atom. The van der Waals surface area contributed by atoms with E-state index in [1.165, 1.54) is 25.3 Å². The summed E-state index contributed by atoms with van der Waals surface area (Å²) in [6, 6.07) is 5.27. The molecule has 1 aliphatic rings. The molecule has 0 spiro atoms. The summed E-state index contributed by atoms with van der Waals surface area (Å²) in [6.45, 7) is 4.75. The largest absolute Gasteiger partial charge is 0.329 e. The lowest BCUT2D eigenvalue weighted by atomic mass is 9.93. The van der Waals surface area contributed by atoms with Gasteiger partial charge < -0.3 is 5.73 Å². The topological polar surface area (TPSA) is 29.3 Å². The van der Waals surface area contributed by atoms with Crippen molar-refractivity contribution in [3.05, 3.63) is 34.1 Å². The summed E-state index contributed by atoms with van der Waals surface area (Å²) < 4.78 is 14.9. The zero-order valence-electron chi connectivity index (χ0n) is 11.4. The third kappa shape index (κ3) is 3.56. The number of hydrogen-bond donors (Lipinski definition) is 1. The molecule has 1 aromatic carbocycles. The van der Waals surface area contributed by atoms with Gasteiger partial charge in [0.05, 0.1) is 0 Å². The summed E-state index contributed by atoms with van der Waals surface area (Å²) in [4.78, 5) is 2.35. The van der Waals surface area contributed by atoms with Gasteiger partial charge in [-0.05, 0) is 37.4 Å². The van der Waals surface area contributed by atoms with Crippen molar-refractivity contribution < 1.29 is 4.39 Å². The van der Waals surface area contributed by atoms with E-state index in [-0.39, 0.29) is 11.9 Å². The van der Waals surface area contributed by atoms with Gasteiger partial charge in [-0.15, -0.1) is 0 Å². The molecule has 4 heteroatoms. The van der Waals surface area contributed by atoms with Crippen molar-refractivity contribution in [2.24, 2.45) is 11.7 Å². The van der Waals surface area contributed by atoms with Gasteiger partial charge in [0.15, 0.2) is 0 Å². The second-order valence-electron chi connectivity index (χ2n) is 5.33. The average Bonchev–Trinajstić information content (AvgIpc) is 2.42. The van der Waals surface area contributed by atoms with Gasteiger partial charge in [-0.25, -0.2) is 4.39 Å². The van der Waals surface area contributed by atoms with Gasteiger partial charge >= 0.3 is 0 Å². The summed E-state index contributed by atoms with van der Waals surface area (Å²) in [5.41, 5.74) is 6.63. The van der Waals surface area contributed by atoms with E-state index in [0.29, 0.717) is 6.54 Å².